The summed E-state index contributed by atoms with van der Waals surface area (Å²) in [6, 6.07) is 19.8. The molecule has 0 fully saturated rings. The topological polar surface area (TPSA) is 22.0 Å². The van der Waals surface area contributed by atoms with E-state index in [1.165, 1.54) is 0 Å². The number of fused-ring (bicyclic) bond motifs is 1. The largest absolute Gasteiger partial charge is 0.277 e. The van der Waals surface area contributed by atoms with Gasteiger partial charge in [-0.2, -0.15) is 11.8 Å². The SMILES string of the molecule is CSCc1cc2ccccc2n(-c2ccccc2)c1=O. The zero-order valence-electron chi connectivity index (χ0n) is 11.2. The number of nitrogens with zero attached hydrogens (tertiary/aromatic N) is 1. The Morgan fingerprint density at radius 3 is 2.45 bits per heavy atom. The summed E-state index contributed by atoms with van der Waals surface area (Å²) < 4.78 is 1.81. The van der Waals surface area contributed by atoms with Crippen LogP contribution in [-0.2, 0) is 5.75 Å². The minimum atomic E-state index is 0.0734. The van der Waals surface area contributed by atoms with Crippen molar-refractivity contribution in [2.75, 3.05) is 6.26 Å². The summed E-state index contributed by atoms with van der Waals surface area (Å²) in [6.07, 6.45) is 2.02. The molecule has 0 aliphatic heterocycles. The van der Waals surface area contributed by atoms with Crippen LogP contribution in [-0.4, -0.2) is 10.8 Å². The molecule has 0 bridgehead atoms. The molecule has 2 nitrogen and oxygen atoms in total. The Hall–Kier alpha value is -2.00. The maximum atomic E-state index is 12.7. The third-order valence-corrected chi connectivity index (χ3v) is 3.90. The molecule has 0 saturated heterocycles. The summed E-state index contributed by atoms with van der Waals surface area (Å²) >= 11 is 1.67. The molecular weight excluding hydrogens is 266 g/mol. The van der Waals surface area contributed by atoms with Crippen LogP contribution in [0.25, 0.3) is 16.6 Å². The lowest BCUT2D eigenvalue weighted by Gasteiger charge is -2.12. The molecule has 1 aromatic heterocycles. The normalized spacial score (nSPS) is 10.8. The Bertz CT molecular complexity index is 793. The van der Waals surface area contributed by atoms with Crippen molar-refractivity contribution in [3.63, 3.8) is 0 Å². The van der Waals surface area contributed by atoms with Gasteiger partial charge in [-0.25, -0.2) is 0 Å². The van der Waals surface area contributed by atoms with Gasteiger partial charge in [0.15, 0.2) is 0 Å². The van der Waals surface area contributed by atoms with Crippen LogP contribution in [0.3, 0.4) is 0 Å². The molecule has 3 heteroatoms. The average molecular weight is 281 g/mol. The first kappa shape index (κ1) is 13.0. The van der Waals surface area contributed by atoms with Gasteiger partial charge in [0, 0.05) is 17.0 Å². The number of hydrogen-bond acceptors (Lipinski definition) is 2. The third-order valence-electron chi connectivity index (χ3n) is 3.30. The summed E-state index contributed by atoms with van der Waals surface area (Å²) in [5.41, 5.74) is 2.79. The predicted octanol–water partition coefficient (Wildman–Crippen LogP) is 3.85. The van der Waals surface area contributed by atoms with Gasteiger partial charge >= 0.3 is 0 Å². The summed E-state index contributed by atoms with van der Waals surface area (Å²) in [4.78, 5) is 12.7. The standard InChI is InChI=1S/C17H15NOS/c1-20-12-14-11-13-7-5-6-10-16(13)18(17(14)19)15-8-3-2-4-9-15/h2-11H,12H2,1H3. The minimum absolute atomic E-state index is 0.0734. The molecule has 0 saturated carbocycles. The number of benzene rings is 2. The van der Waals surface area contributed by atoms with Gasteiger partial charge in [-0.3, -0.25) is 9.36 Å². The van der Waals surface area contributed by atoms with E-state index in [1.807, 2.05) is 60.9 Å². The molecule has 0 aliphatic rings. The van der Waals surface area contributed by atoms with E-state index in [-0.39, 0.29) is 5.56 Å². The second kappa shape index (κ2) is 5.55. The second-order valence-corrected chi connectivity index (χ2v) is 5.50. The fraction of sp³-hybridized carbons (Fsp3) is 0.118. The Labute approximate surface area is 122 Å². The predicted molar refractivity (Wildman–Crippen MR) is 86.8 cm³/mol. The lowest BCUT2D eigenvalue weighted by atomic mass is 10.1. The first-order valence-electron chi connectivity index (χ1n) is 6.49. The summed E-state index contributed by atoms with van der Waals surface area (Å²) in [7, 11) is 0. The Morgan fingerprint density at radius 2 is 1.70 bits per heavy atom. The third kappa shape index (κ3) is 2.25. The molecular formula is C17H15NOS. The van der Waals surface area contributed by atoms with Crippen LogP contribution in [0, 0.1) is 0 Å². The average Bonchev–Trinajstić information content (AvgIpc) is 2.49. The fourth-order valence-electron chi connectivity index (χ4n) is 2.41. The van der Waals surface area contributed by atoms with E-state index in [0.717, 1.165) is 27.9 Å². The highest BCUT2D eigenvalue weighted by molar-refractivity contribution is 7.97. The lowest BCUT2D eigenvalue weighted by Crippen LogP contribution is -2.22. The van der Waals surface area contributed by atoms with Gasteiger partial charge in [-0.05, 0) is 35.9 Å². The van der Waals surface area contributed by atoms with E-state index >= 15 is 0 Å². The maximum Gasteiger partial charge on any atom is 0.259 e. The van der Waals surface area contributed by atoms with E-state index in [1.54, 1.807) is 16.3 Å². The lowest BCUT2D eigenvalue weighted by molar-refractivity contribution is 1.02. The van der Waals surface area contributed by atoms with Gasteiger partial charge in [0.1, 0.15) is 0 Å². The second-order valence-electron chi connectivity index (χ2n) is 4.64. The van der Waals surface area contributed by atoms with Crippen LogP contribution in [0.4, 0.5) is 0 Å². The molecule has 20 heavy (non-hydrogen) atoms. The van der Waals surface area contributed by atoms with Gasteiger partial charge < -0.3 is 0 Å². The van der Waals surface area contributed by atoms with Gasteiger partial charge in [-0.15, -0.1) is 0 Å². The van der Waals surface area contributed by atoms with Crippen molar-refractivity contribution < 1.29 is 0 Å². The van der Waals surface area contributed by atoms with Gasteiger partial charge in [-0.1, -0.05) is 36.4 Å². The highest BCUT2D eigenvalue weighted by atomic mass is 32.2. The Balaban J connectivity index is 2.38. The first-order valence-corrected chi connectivity index (χ1v) is 7.88. The summed E-state index contributed by atoms with van der Waals surface area (Å²) in [5, 5.41) is 1.10. The van der Waals surface area contributed by atoms with Gasteiger partial charge in [0.25, 0.3) is 5.56 Å². The van der Waals surface area contributed by atoms with E-state index in [2.05, 4.69) is 6.07 Å². The number of rotatable bonds is 3. The highest BCUT2D eigenvalue weighted by Gasteiger charge is 2.09. The van der Waals surface area contributed by atoms with Crippen LogP contribution >= 0.6 is 11.8 Å². The summed E-state index contributed by atoms with van der Waals surface area (Å²) in [5.74, 6) is 0.733. The van der Waals surface area contributed by atoms with Crippen molar-refractivity contribution >= 4 is 22.7 Å². The molecule has 0 aliphatic carbocycles. The molecule has 3 rings (SSSR count). The summed E-state index contributed by atoms with van der Waals surface area (Å²) in [6.45, 7) is 0. The molecule has 0 unspecified atom stereocenters. The number of para-hydroxylation sites is 2. The molecule has 0 amide bonds. The number of pyridine rings is 1. The fourth-order valence-corrected chi connectivity index (χ4v) is 2.93. The van der Waals surface area contributed by atoms with Crippen LogP contribution < -0.4 is 5.56 Å². The Kier molecular flexibility index (Phi) is 3.61. The quantitative estimate of drug-likeness (QED) is 0.727. The zero-order valence-corrected chi connectivity index (χ0v) is 12.1. The molecule has 100 valence electrons. The van der Waals surface area contributed by atoms with Crippen molar-refractivity contribution in [1.82, 2.24) is 4.57 Å². The van der Waals surface area contributed by atoms with Crippen LogP contribution in [0.2, 0.25) is 0 Å². The van der Waals surface area contributed by atoms with Crippen molar-refractivity contribution in [2.24, 2.45) is 0 Å². The first-order chi connectivity index (χ1) is 9.81. The van der Waals surface area contributed by atoms with Crippen molar-refractivity contribution in [3.8, 4) is 5.69 Å². The molecule has 3 aromatic rings. The molecule has 0 spiro atoms. The Morgan fingerprint density at radius 1 is 1.00 bits per heavy atom. The van der Waals surface area contributed by atoms with Crippen LogP contribution in [0.1, 0.15) is 5.56 Å². The minimum Gasteiger partial charge on any atom is -0.277 e. The van der Waals surface area contributed by atoms with E-state index < -0.39 is 0 Å². The smallest absolute Gasteiger partial charge is 0.259 e. The van der Waals surface area contributed by atoms with Crippen molar-refractivity contribution in [2.45, 2.75) is 5.75 Å². The maximum absolute atomic E-state index is 12.7. The van der Waals surface area contributed by atoms with Gasteiger partial charge in [0.05, 0.1) is 5.52 Å². The van der Waals surface area contributed by atoms with E-state index in [0.29, 0.717) is 0 Å². The van der Waals surface area contributed by atoms with Gasteiger partial charge in [0.2, 0.25) is 0 Å². The van der Waals surface area contributed by atoms with Crippen molar-refractivity contribution in [1.29, 1.82) is 0 Å². The molecule has 1 heterocycles. The van der Waals surface area contributed by atoms with Crippen molar-refractivity contribution in [3.05, 3.63) is 76.6 Å². The zero-order chi connectivity index (χ0) is 13.9. The number of thioether (sulfide) groups is 1. The van der Waals surface area contributed by atoms with Crippen LogP contribution in [0.15, 0.2) is 65.5 Å². The molecule has 0 atom stereocenters. The molecule has 0 N–H and O–H groups in total. The number of aromatic nitrogens is 1. The number of hydrogen-bond donors (Lipinski definition) is 0. The van der Waals surface area contributed by atoms with E-state index in [9.17, 15) is 4.79 Å². The molecule has 2 aromatic carbocycles. The molecule has 0 radical (unpaired) electrons. The van der Waals surface area contributed by atoms with E-state index in [4.69, 9.17) is 0 Å². The van der Waals surface area contributed by atoms with Crippen LogP contribution in [0.5, 0.6) is 0 Å². The highest BCUT2D eigenvalue weighted by Crippen LogP contribution is 2.19. The monoisotopic (exact) mass is 281 g/mol.